The van der Waals surface area contributed by atoms with Crippen molar-refractivity contribution in [2.45, 2.75) is 4.34 Å². The van der Waals surface area contributed by atoms with E-state index in [1.165, 1.54) is 11.8 Å². The number of nitrogens with two attached hydrogens (primary N) is 1. The van der Waals surface area contributed by atoms with Crippen molar-refractivity contribution in [3.05, 3.63) is 48.0 Å². The molecule has 1 fully saturated rings. The molecule has 2 aromatic carbocycles. The van der Waals surface area contributed by atoms with E-state index in [4.69, 9.17) is 10.5 Å². The quantitative estimate of drug-likeness (QED) is 0.586. The number of carbonyl (C=O) groups excluding carboxylic acids is 2. The van der Waals surface area contributed by atoms with E-state index in [1.54, 1.807) is 23.5 Å². The Kier molecular flexibility index (Phi) is 5.98. The van der Waals surface area contributed by atoms with Crippen molar-refractivity contribution in [3.63, 3.8) is 0 Å². The molecule has 0 aliphatic carbocycles. The Morgan fingerprint density at radius 2 is 2.00 bits per heavy atom. The molecule has 150 valence electrons. The fourth-order valence-corrected chi connectivity index (χ4v) is 4.96. The molecule has 1 aromatic heterocycles. The highest BCUT2D eigenvalue weighted by atomic mass is 32.2. The average Bonchev–Trinajstić information content (AvgIpc) is 3.16. The zero-order valence-electron chi connectivity index (χ0n) is 15.6. The molecule has 9 heteroatoms. The van der Waals surface area contributed by atoms with Gasteiger partial charge in [0, 0.05) is 18.8 Å². The van der Waals surface area contributed by atoms with Crippen LogP contribution in [0.5, 0.6) is 0 Å². The molecule has 0 atom stereocenters. The molecule has 0 saturated carbocycles. The number of hydrogen-bond donors (Lipinski definition) is 2. The van der Waals surface area contributed by atoms with Gasteiger partial charge in [-0.1, -0.05) is 23.9 Å². The van der Waals surface area contributed by atoms with Crippen LogP contribution < -0.4 is 16.0 Å². The molecule has 1 aliphatic rings. The number of nitrogens with zero attached hydrogens (tertiary/aromatic N) is 2. The standard InChI is InChI=1S/C20H20N4O3S2/c21-19(26)14-11-13(24-7-9-27-10-8-24)5-6-15(14)22-18(25)12-28-20-23-16-3-1-2-4-17(16)29-20/h1-6,11H,7-10,12H2,(H2,21,26)(H,22,25). The molecule has 0 bridgehead atoms. The van der Waals surface area contributed by atoms with Crippen molar-refractivity contribution in [1.82, 2.24) is 4.98 Å². The summed E-state index contributed by atoms with van der Waals surface area (Å²) >= 11 is 2.92. The molecule has 3 aromatic rings. The van der Waals surface area contributed by atoms with Gasteiger partial charge in [0.05, 0.1) is 40.4 Å². The van der Waals surface area contributed by atoms with Crippen molar-refractivity contribution in [1.29, 1.82) is 0 Å². The largest absolute Gasteiger partial charge is 0.378 e. The Morgan fingerprint density at radius 3 is 2.76 bits per heavy atom. The number of aromatic nitrogens is 1. The van der Waals surface area contributed by atoms with E-state index in [0.29, 0.717) is 24.5 Å². The van der Waals surface area contributed by atoms with E-state index in [0.717, 1.165) is 33.3 Å². The van der Waals surface area contributed by atoms with E-state index in [1.807, 2.05) is 30.3 Å². The van der Waals surface area contributed by atoms with Crippen LogP contribution in [-0.2, 0) is 9.53 Å². The number of para-hydroxylation sites is 1. The van der Waals surface area contributed by atoms with Crippen LogP contribution in [0, 0.1) is 0 Å². The van der Waals surface area contributed by atoms with Crippen molar-refractivity contribution in [2.75, 3.05) is 42.3 Å². The van der Waals surface area contributed by atoms with E-state index < -0.39 is 5.91 Å². The van der Waals surface area contributed by atoms with Crippen LogP contribution in [0.1, 0.15) is 10.4 Å². The number of primary amides is 1. The van der Waals surface area contributed by atoms with Crippen LogP contribution in [0.3, 0.4) is 0 Å². The van der Waals surface area contributed by atoms with Gasteiger partial charge in [-0.05, 0) is 30.3 Å². The van der Waals surface area contributed by atoms with Gasteiger partial charge in [0.1, 0.15) is 0 Å². The SMILES string of the molecule is NC(=O)c1cc(N2CCOCC2)ccc1NC(=O)CSc1nc2ccccc2s1. The topological polar surface area (TPSA) is 97.5 Å². The molecule has 0 radical (unpaired) electrons. The number of thiazole rings is 1. The third kappa shape index (κ3) is 4.69. The Hall–Kier alpha value is -2.62. The lowest BCUT2D eigenvalue weighted by Gasteiger charge is -2.29. The molecule has 29 heavy (non-hydrogen) atoms. The molecule has 0 unspecified atom stereocenters. The fraction of sp³-hybridized carbons (Fsp3) is 0.250. The summed E-state index contributed by atoms with van der Waals surface area (Å²) in [6.07, 6.45) is 0. The van der Waals surface area contributed by atoms with Crippen molar-refractivity contribution < 1.29 is 14.3 Å². The fourth-order valence-electron chi connectivity index (χ4n) is 3.09. The molecular formula is C20H20N4O3S2. The van der Waals surface area contributed by atoms with Gasteiger partial charge in [0.15, 0.2) is 4.34 Å². The second kappa shape index (κ2) is 8.81. The predicted molar refractivity (Wildman–Crippen MR) is 117 cm³/mol. The van der Waals surface area contributed by atoms with Crippen LogP contribution >= 0.6 is 23.1 Å². The van der Waals surface area contributed by atoms with Gasteiger partial charge in [-0.2, -0.15) is 0 Å². The molecule has 7 nitrogen and oxygen atoms in total. The number of morpholine rings is 1. The number of amides is 2. The minimum Gasteiger partial charge on any atom is -0.378 e. The van der Waals surface area contributed by atoms with Gasteiger partial charge in [0.2, 0.25) is 5.91 Å². The number of hydrogen-bond acceptors (Lipinski definition) is 7. The highest BCUT2D eigenvalue weighted by Gasteiger charge is 2.17. The van der Waals surface area contributed by atoms with Gasteiger partial charge >= 0.3 is 0 Å². The summed E-state index contributed by atoms with van der Waals surface area (Å²) in [4.78, 5) is 31.0. The minimum atomic E-state index is -0.575. The summed E-state index contributed by atoms with van der Waals surface area (Å²) in [6.45, 7) is 2.80. The first kappa shape index (κ1) is 19.7. The zero-order valence-corrected chi connectivity index (χ0v) is 17.2. The minimum absolute atomic E-state index is 0.198. The number of rotatable bonds is 6. The first-order valence-electron chi connectivity index (χ1n) is 9.15. The average molecular weight is 429 g/mol. The summed E-state index contributed by atoms with van der Waals surface area (Å²) in [5, 5.41) is 2.80. The monoisotopic (exact) mass is 428 g/mol. The molecule has 1 aliphatic heterocycles. The second-order valence-corrected chi connectivity index (χ2v) is 8.73. The number of ether oxygens (including phenoxy) is 1. The van der Waals surface area contributed by atoms with Gasteiger partial charge in [-0.25, -0.2) is 4.98 Å². The van der Waals surface area contributed by atoms with E-state index in [9.17, 15) is 9.59 Å². The molecule has 2 heterocycles. The number of thioether (sulfide) groups is 1. The van der Waals surface area contributed by atoms with Gasteiger partial charge in [-0.3, -0.25) is 9.59 Å². The predicted octanol–water partition coefficient (Wildman–Crippen LogP) is 2.96. The summed E-state index contributed by atoms with van der Waals surface area (Å²) in [5.74, 6) is -0.589. The van der Waals surface area contributed by atoms with E-state index in [-0.39, 0.29) is 11.7 Å². The van der Waals surface area contributed by atoms with Crippen molar-refractivity contribution in [2.24, 2.45) is 5.73 Å². The Balaban J connectivity index is 1.43. The van der Waals surface area contributed by atoms with Crippen LogP contribution in [0.4, 0.5) is 11.4 Å². The number of nitrogens with one attached hydrogen (secondary N) is 1. The van der Waals surface area contributed by atoms with Crippen LogP contribution in [0.15, 0.2) is 46.8 Å². The Bertz CT molecular complexity index is 1010. The smallest absolute Gasteiger partial charge is 0.250 e. The van der Waals surface area contributed by atoms with Crippen LogP contribution in [0.25, 0.3) is 10.2 Å². The summed E-state index contributed by atoms with van der Waals surface area (Å²) in [5.41, 5.74) is 8.09. The molecule has 1 saturated heterocycles. The van der Waals surface area contributed by atoms with Crippen molar-refractivity contribution in [3.8, 4) is 0 Å². The van der Waals surface area contributed by atoms with Gasteiger partial charge < -0.3 is 20.7 Å². The maximum atomic E-state index is 12.4. The number of benzene rings is 2. The molecule has 3 N–H and O–H groups in total. The molecular weight excluding hydrogens is 408 g/mol. The Morgan fingerprint density at radius 1 is 1.21 bits per heavy atom. The van der Waals surface area contributed by atoms with Gasteiger partial charge in [-0.15, -0.1) is 11.3 Å². The van der Waals surface area contributed by atoms with Crippen LogP contribution in [-0.4, -0.2) is 48.9 Å². The van der Waals surface area contributed by atoms with Gasteiger partial charge in [0.25, 0.3) is 5.91 Å². The molecule has 2 amide bonds. The van der Waals surface area contributed by atoms with Crippen molar-refractivity contribution >= 4 is 56.5 Å². The maximum Gasteiger partial charge on any atom is 0.250 e. The molecule has 0 spiro atoms. The lowest BCUT2D eigenvalue weighted by molar-refractivity contribution is -0.113. The number of anilines is 2. The summed E-state index contributed by atoms with van der Waals surface area (Å²) < 4.78 is 7.28. The number of fused-ring (bicyclic) bond motifs is 1. The third-order valence-corrected chi connectivity index (χ3v) is 6.70. The second-order valence-electron chi connectivity index (χ2n) is 6.48. The third-order valence-electron chi connectivity index (χ3n) is 4.52. The van der Waals surface area contributed by atoms with E-state index >= 15 is 0 Å². The highest BCUT2D eigenvalue weighted by molar-refractivity contribution is 8.01. The summed E-state index contributed by atoms with van der Waals surface area (Å²) in [6, 6.07) is 13.2. The maximum absolute atomic E-state index is 12.4. The summed E-state index contributed by atoms with van der Waals surface area (Å²) in [7, 11) is 0. The lowest BCUT2D eigenvalue weighted by atomic mass is 10.1. The first-order chi connectivity index (χ1) is 14.1. The highest BCUT2D eigenvalue weighted by Crippen LogP contribution is 2.30. The number of carbonyl (C=O) groups is 2. The molecule has 4 rings (SSSR count). The Labute approximate surface area is 176 Å². The normalized spacial score (nSPS) is 14.1. The van der Waals surface area contributed by atoms with E-state index in [2.05, 4.69) is 15.2 Å². The zero-order chi connectivity index (χ0) is 20.2. The first-order valence-corrected chi connectivity index (χ1v) is 10.9. The lowest BCUT2D eigenvalue weighted by Crippen LogP contribution is -2.36. The van der Waals surface area contributed by atoms with Crippen LogP contribution in [0.2, 0.25) is 0 Å².